The molecule has 152 valence electrons. The molecular formula is C23H32N2O3. The molecule has 0 spiro atoms. The molecule has 0 aromatic heterocycles. The van der Waals surface area contributed by atoms with Crippen LogP contribution in [0.15, 0.2) is 18.2 Å². The van der Waals surface area contributed by atoms with Crippen molar-refractivity contribution >= 4 is 11.8 Å². The van der Waals surface area contributed by atoms with Gasteiger partial charge >= 0.3 is 0 Å². The van der Waals surface area contributed by atoms with Gasteiger partial charge in [-0.2, -0.15) is 0 Å². The zero-order valence-electron chi connectivity index (χ0n) is 16.8. The van der Waals surface area contributed by atoms with Crippen LogP contribution in [0.2, 0.25) is 0 Å². The van der Waals surface area contributed by atoms with Crippen molar-refractivity contribution < 1.29 is 14.3 Å². The van der Waals surface area contributed by atoms with E-state index >= 15 is 0 Å². The quantitative estimate of drug-likeness (QED) is 0.817. The van der Waals surface area contributed by atoms with Gasteiger partial charge in [-0.1, -0.05) is 31.4 Å². The zero-order valence-corrected chi connectivity index (χ0v) is 16.8. The molecule has 2 saturated carbocycles. The van der Waals surface area contributed by atoms with Crippen LogP contribution in [-0.2, 0) is 22.6 Å². The van der Waals surface area contributed by atoms with Gasteiger partial charge in [0, 0.05) is 31.0 Å². The highest BCUT2D eigenvalue weighted by atomic mass is 16.5. The lowest BCUT2D eigenvalue weighted by atomic mass is 9.89. The van der Waals surface area contributed by atoms with E-state index in [0.717, 1.165) is 42.7 Å². The number of aryl methyl sites for hydroxylation is 1. The number of hydrogen-bond acceptors (Lipinski definition) is 3. The standard InChI is InChI=1S/C23H32N2O3/c26-22(24-15-18-4-2-1-3-5-18)11-7-17-6-10-21-20(14-17)16-25(12-13-28-21)23(27)19-8-9-19/h6,10,14,18-19H,1-5,7-9,11-13,15-16H2,(H,24,26). The van der Waals surface area contributed by atoms with Crippen LogP contribution in [0.1, 0.15) is 62.5 Å². The highest BCUT2D eigenvalue weighted by molar-refractivity contribution is 5.81. The molecule has 0 unspecified atom stereocenters. The second kappa shape index (κ2) is 8.97. The molecule has 1 N–H and O–H groups in total. The molecule has 0 radical (unpaired) electrons. The van der Waals surface area contributed by atoms with Gasteiger partial charge in [-0.25, -0.2) is 0 Å². The molecule has 5 heteroatoms. The molecular weight excluding hydrogens is 352 g/mol. The molecule has 1 aromatic carbocycles. The third-order valence-electron chi connectivity index (χ3n) is 6.30. The number of nitrogens with one attached hydrogen (secondary N) is 1. The fourth-order valence-corrected chi connectivity index (χ4v) is 4.38. The number of benzene rings is 1. The van der Waals surface area contributed by atoms with Crippen LogP contribution in [0.25, 0.3) is 0 Å². The van der Waals surface area contributed by atoms with Gasteiger partial charge in [0.15, 0.2) is 0 Å². The van der Waals surface area contributed by atoms with Crippen LogP contribution in [0.4, 0.5) is 0 Å². The number of rotatable bonds is 6. The van der Waals surface area contributed by atoms with Gasteiger partial charge < -0.3 is 15.0 Å². The van der Waals surface area contributed by atoms with Gasteiger partial charge in [0.25, 0.3) is 0 Å². The zero-order chi connectivity index (χ0) is 19.3. The van der Waals surface area contributed by atoms with Crippen molar-refractivity contribution in [2.24, 2.45) is 11.8 Å². The Bertz CT molecular complexity index is 708. The summed E-state index contributed by atoms with van der Waals surface area (Å²) < 4.78 is 5.84. The largest absolute Gasteiger partial charge is 0.491 e. The van der Waals surface area contributed by atoms with Crippen molar-refractivity contribution in [1.29, 1.82) is 0 Å². The SMILES string of the molecule is O=C(CCc1ccc2c(c1)CN(C(=O)C1CC1)CCO2)NCC1CCCCC1. The van der Waals surface area contributed by atoms with E-state index in [-0.39, 0.29) is 17.7 Å². The minimum absolute atomic E-state index is 0.141. The van der Waals surface area contributed by atoms with Gasteiger partial charge in [0.05, 0.1) is 6.54 Å². The van der Waals surface area contributed by atoms with Crippen LogP contribution in [0.3, 0.4) is 0 Å². The molecule has 28 heavy (non-hydrogen) atoms. The Kier molecular flexibility index (Phi) is 6.18. The Morgan fingerprint density at radius 3 is 2.71 bits per heavy atom. The number of amides is 2. The fraction of sp³-hybridized carbons (Fsp3) is 0.652. The van der Waals surface area contributed by atoms with E-state index in [1.807, 2.05) is 17.0 Å². The van der Waals surface area contributed by atoms with E-state index in [1.54, 1.807) is 0 Å². The number of ether oxygens (including phenoxy) is 1. The number of nitrogens with zero attached hydrogens (tertiary/aromatic N) is 1. The summed E-state index contributed by atoms with van der Waals surface area (Å²) in [6.45, 7) is 2.65. The van der Waals surface area contributed by atoms with Gasteiger partial charge in [-0.3, -0.25) is 9.59 Å². The molecule has 1 aliphatic heterocycles. The summed E-state index contributed by atoms with van der Waals surface area (Å²) in [7, 11) is 0. The monoisotopic (exact) mass is 384 g/mol. The van der Waals surface area contributed by atoms with E-state index in [0.29, 0.717) is 32.0 Å². The fourth-order valence-electron chi connectivity index (χ4n) is 4.38. The lowest BCUT2D eigenvalue weighted by Gasteiger charge is -2.21. The topological polar surface area (TPSA) is 58.6 Å². The molecule has 0 atom stereocenters. The predicted octanol–water partition coefficient (Wildman–Crippen LogP) is 3.45. The van der Waals surface area contributed by atoms with E-state index in [9.17, 15) is 9.59 Å². The van der Waals surface area contributed by atoms with Gasteiger partial charge in [0.2, 0.25) is 11.8 Å². The van der Waals surface area contributed by atoms with Gasteiger partial charge in [-0.15, -0.1) is 0 Å². The van der Waals surface area contributed by atoms with Crippen LogP contribution < -0.4 is 10.1 Å². The van der Waals surface area contributed by atoms with E-state index < -0.39 is 0 Å². The molecule has 2 aliphatic carbocycles. The van der Waals surface area contributed by atoms with Crippen molar-refractivity contribution in [3.8, 4) is 5.75 Å². The van der Waals surface area contributed by atoms with Crippen molar-refractivity contribution in [3.63, 3.8) is 0 Å². The molecule has 1 aromatic rings. The molecule has 2 amide bonds. The highest BCUT2D eigenvalue weighted by Crippen LogP contribution is 2.33. The Morgan fingerprint density at radius 2 is 1.93 bits per heavy atom. The molecule has 1 heterocycles. The third-order valence-corrected chi connectivity index (χ3v) is 6.30. The predicted molar refractivity (Wildman–Crippen MR) is 108 cm³/mol. The van der Waals surface area contributed by atoms with Gasteiger partial charge in [0.1, 0.15) is 12.4 Å². The Hall–Kier alpha value is -2.04. The Morgan fingerprint density at radius 1 is 1.11 bits per heavy atom. The maximum Gasteiger partial charge on any atom is 0.226 e. The maximum atomic E-state index is 12.4. The van der Waals surface area contributed by atoms with Crippen LogP contribution in [0.5, 0.6) is 5.75 Å². The number of hydrogen-bond donors (Lipinski definition) is 1. The van der Waals surface area contributed by atoms with Crippen LogP contribution >= 0.6 is 0 Å². The van der Waals surface area contributed by atoms with Crippen molar-refractivity contribution in [2.75, 3.05) is 19.7 Å². The number of carbonyl (C=O) groups is 2. The first-order valence-electron chi connectivity index (χ1n) is 11.0. The minimum atomic E-state index is 0.141. The summed E-state index contributed by atoms with van der Waals surface area (Å²) in [6, 6.07) is 6.16. The lowest BCUT2D eigenvalue weighted by molar-refractivity contribution is -0.133. The van der Waals surface area contributed by atoms with Crippen molar-refractivity contribution in [2.45, 2.75) is 64.3 Å². The van der Waals surface area contributed by atoms with E-state index in [2.05, 4.69) is 11.4 Å². The first-order chi connectivity index (χ1) is 13.7. The molecule has 0 bridgehead atoms. The third kappa shape index (κ3) is 5.06. The number of fused-ring (bicyclic) bond motifs is 1. The first kappa shape index (κ1) is 19.3. The maximum absolute atomic E-state index is 12.4. The molecule has 2 fully saturated rings. The smallest absolute Gasteiger partial charge is 0.226 e. The Balaban J connectivity index is 1.29. The van der Waals surface area contributed by atoms with Crippen LogP contribution in [0, 0.1) is 11.8 Å². The molecule has 4 rings (SSSR count). The summed E-state index contributed by atoms with van der Waals surface area (Å²) >= 11 is 0. The summed E-state index contributed by atoms with van der Waals surface area (Å²) in [6.07, 6.45) is 9.74. The van der Waals surface area contributed by atoms with E-state index in [1.165, 1.54) is 32.1 Å². The lowest BCUT2D eigenvalue weighted by Crippen LogP contribution is -2.33. The minimum Gasteiger partial charge on any atom is -0.491 e. The molecule has 5 nitrogen and oxygen atoms in total. The summed E-state index contributed by atoms with van der Waals surface area (Å²) in [5, 5.41) is 3.12. The molecule has 3 aliphatic rings. The van der Waals surface area contributed by atoms with Crippen molar-refractivity contribution in [3.05, 3.63) is 29.3 Å². The normalized spacial score (nSPS) is 20.1. The average Bonchev–Trinajstić information content (AvgIpc) is 3.57. The summed E-state index contributed by atoms with van der Waals surface area (Å²) in [4.78, 5) is 26.6. The first-order valence-corrected chi connectivity index (χ1v) is 11.0. The summed E-state index contributed by atoms with van der Waals surface area (Å²) in [5.74, 6) is 2.18. The average molecular weight is 385 g/mol. The van der Waals surface area contributed by atoms with E-state index in [4.69, 9.17) is 4.74 Å². The summed E-state index contributed by atoms with van der Waals surface area (Å²) in [5.41, 5.74) is 2.20. The molecule has 0 saturated heterocycles. The van der Waals surface area contributed by atoms with Gasteiger partial charge in [-0.05, 0) is 49.7 Å². The number of carbonyl (C=O) groups excluding carboxylic acids is 2. The Labute approximate surface area is 167 Å². The second-order valence-electron chi connectivity index (χ2n) is 8.63. The van der Waals surface area contributed by atoms with Crippen LogP contribution in [-0.4, -0.2) is 36.4 Å². The second-order valence-corrected chi connectivity index (χ2v) is 8.63. The van der Waals surface area contributed by atoms with Crippen molar-refractivity contribution in [1.82, 2.24) is 10.2 Å². The highest BCUT2D eigenvalue weighted by Gasteiger charge is 2.34.